The van der Waals surface area contributed by atoms with E-state index in [9.17, 15) is 15.2 Å². The molecule has 1 unspecified atom stereocenters. The van der Waals surface area contributed by atoms with Crippen LogP contribution < -0.4 is 5.32 Å². The molecule has 6 nitrogen and oxygen atoms in total. The number of H-pyrrole nitrogens is 1. The number of hydrogen-bond donors (Lipinski definition) is 3. The zero-order chi connectivity index (χ0) is 16.9. The Hall–Kier alpha value is -2.70. The first kappa shape index (κ1) is 16.2. The average Bonchev–Trinajstić information content (AvgIpc) is 3.02. The summed E-state index contributed by atoms with van der Waals surface area (Å²) in [6.45, 7) is 1.07. The lowest BCUT2D eigenvalue weighted by Crippen LogP contribution is -2.23. The van der Waals surface area contributed by atoms with Crippen LogP contribution in [-0.4, -0.2) is 28.1 Å². The molecule has 1 aromatic heterocycles. The van der Waals surface area contributed by atoms with E-state index in [1.54, 1.807) is 12.1 Å². The lowest BCUT2D eigenvalue weighted by Gasteiger charge is -2.12. The fourth-order valence-corrected chi connectivity index (χ4v) is 2.76. The molecule has 0 bridgehead atoms. The first-order valence-electron chi connectivity index (χ1n) is 7.83. The predicted molar refractivity (Wildman–Crippen MR) is 92.9 cm³/mol. The normalized spacial score (nSPS) is 12.4. The third-order valence-corrected chi connectivity index (χ3v) is 4.05. The molecular weight excluding hydrogens is 306 g/mol. The molecule has 0 aliphatic heterocycles. The van der Waals surface area contributed by atoms with Crippen LogP contribution in [0.1, 0.15) is 17.2 Å². The van der Waals surface area contributed by atoms with E-state index >= 15 is 0 Å². The van der Waals surface area contributed by atoms with E-state index in [2.05, 4.69) is 16.4 Å². The molecule has 0 radical (unpaired) electrons. The number of benzene rings is 2. The third kappa shape index (κ3) is 3.61. The van der Waals surface area contributed by atoms with Gasteiger partial charge in [-0.25, -0.2) is 0 Å². The number of para-hydroxylation sites is 1. The molecule has 1 atom stereocenters. The minimum atomic E-state index is -0.770. The largest absolute Gasteiger partial charge is 0.387 e. The van der Waals surface area contributed by atoms with Crippen LogP contribution in [0, 0.1) is 10.1 Å². The average molecular weight is 325 g/mol. The number of nitrogens with zero attached hydrogens (tertiary/aromatic N) is 1. The van der Waals surface area contributed by atoms with Crippen molar-refractivity contribution in [2.45, 2.75) is 12.5 Å². The summed E-state index contributed by atoms with van der Waals surface area (Å²) in [4.78, 5) is 13.6. The Bertz CT molecular complexity index is 844. The quantitative estimate of drug-likeness (QED) is 0.354. The standard InChI is InChI=1S/C18H19N3O3/c22-18(13-4-3-5-15(10-13)21(23)24)12-19-9-8-14-11-20-17-7-2-1-6-16(14)17/h1-7,10-11,18-20,22H,8-9,12H2. The smallest absolute Gasteiger partial charge is 0.269 e. The number of aliphatic hydroxyl groups is 1. The van der Waals surface area contributed by atoms with Crippen molar-refractivity contribution in [2.24, 2.45) is 0 Å². The Morgan fingerprint density at radius 3 is 2.88 bits per heavy atom. The summed E-state index contributed by atoms with van der Waals surface area (Å²) in [6.07, 6.45) is 2.07. The summed E-state index contributed by atoms with van der Waals surface area (Å²) in [7, 11) is 0. The number of non-ortho nitro benzene ring substituents is 1. The summed E-state index contributed by atoms with van der Waals surface area (Å²) < 4.78 is 0. The number of aromatic amines is 1. The summed E-state index contributed by atoms with van der Waals surface area (Å²) in [6, 6.07) is 14.2. The Morgan fingerprint density at radius 2 is 2.04 bits per heavy atom. The van der Waals surface area contributed by atoms with Crippen LogP contribution in [0.25, 0.3) is 10.9 Å². The second-order valence-electron chi connectivity index (χ2n) is 5.68. The summed E-state index contributed by atoms with van der Waals surface area (Å²) in [5.41, 5.74) is 2.88. The van der Waals surface area contributed by atoms with Gasteiger partial charge in [0.25, 0.3) is 5.69 Å². The maximum atomic E-state index is 10.8. The minimum absolute atomic E-state index is 0.00894. The molecule has 0 saturated heterocycles. The number of nitro benzene ring substituents is 1. The molecule has 0 saturated carbocycles. The van der Waals surface area contributed by atoms with Crippen LogP contribution in [0.2, 0.25) is 0 Å². The second kappa shape index (κ2) is 7.25. The van der Waals surface area contributed by atoms with Crippen molar-refractivity contribution >= 4 is 16.6 Å². The van der Waals surface area contributed by atoms with Gasteiger partial charge in [0, 0.05) is 35.8 Å². The van der Waals surface area contributed by atoms with E-state index in [0.29, 0.717) is 18.7 Å². The van der Waals surface area contributed by atoms with Gasteiger partial charge < -0.3 is 15.4 Å². The van der Waals surface area contributed by atoms with E-state index in [0.717, 1.165) is 11.9 Å². The van der Waals surface area contributed by atoms with E-state index in [1.807, 2.05) is 24.4 Å². The number of nitro groups is 1. The molecule has 6 heteroatoms. The van der Waals surface area contributed by atoms with Gasteiger partial charge in [0.15, 0.2) is 0 Å². The Balaban J connectivity index is 1.53. The van der Waals surface area contributed by atoms with Crippen LogP contribution in [0.5, 0.6) is 0 Å². The van der Waals surface area contributed by atoms with E-state index in [-0.39, 0.29) is 5.69 Å². The molecule has 3 rings (SSSR count). The highest BCUT2D eigenvalue weighted by Gasteiger charge is 2.12. The fourth-order valence-electron chi connectivity index (χ4n) is 2.76. The third-order valence-electron chi connectivity index (χ3n) is 4.05. The van der Waals surface area contributed by atoms with Gasteiger partial charge in [-0.15, -0.1) is 0 Å². The van der Waals surface area contributed by atoms with Gasteiger partial charge in [-0.3, -0.25) is 10.1 Å². The van der Waals surface area contributed by atoms with Gasteiger partial charge >= 0.3 is 0 Å². The highest BCUT2D eigenvalue weighted by Crippen LogP contribution is 2.19. The lowest BCUT2D eigenvalue weighted by atomic mass is 10.1. The first-order valence-corrected chi connectivity index (χ1v) is 7.83. The topological polar surface area (TPSA) is 91.2 Å². The zero-order valence-corrected chi connectivity index (χ0v) is 13.1. The monoisotopic (exact) mass is 325 g/mol. The molecule has 3 N–H and O–H groups in total. The molecule has 0 spiro atoms. The van der Waals surface area contributed by atoms with Gasteiger partial charge in [-0.1, -0.05) is 30.3 Å². The maximum absolute atomic E-state index is 10.8. The van der Waals surface area contributed by atoms with Crippen molar-refractivity contribution in [1.29, 1.82) is 0 Å². The number of aliphatic hydroxyl groups excluding tert-OH is 1. The Kier molecular flexibility index (Phi) is 4.88. The van der Waals surface area contributed by atoms with Crippen molar-refractivity contribution in [2.75, 3.05) is 13.1 Å². The zero-order valence-electron chi connectivity index (χ0n) is 13.1. The van der Waals surface area contributed by atoms with Gasteiger partial charge in [-0.05, 0) is 30.2 Å². The van der Waals surface area contributed by atoms with Crippen molar-refractivity contribution < 1.29 is 10.0 Å². The van der Waals surface area contributed by atoms with Gasteiger partial charge in [-0.2, -0.15) is 0 Å². The molecular formula is C18H19N3O3. The van der Waals surface area contributed by atoms with Crippen LogP contribution in [0.15, 0.2) is 54.7 Å². The summed E-state index contributed by atoms with van der Waals surface area (Å²) in [5, 5.41) is 25.4. The summed E-state index contributed by atoms with van der Waals surface area (Å²) >= 11 is 0. The maximum Gasteiger partial charge on any atom is 0.269 e. The molecule has 0 fully saturated rings. The van der Waals surface area contributed by atoms with Crippen molar-refractivity contribution in [3.8, 4) is 0 Å². The highest BCUT2D eigenvalue weighted by atomic mass is 16.6. The first-order chi connectivity index (χ1) is 11.6. The van der Waals surface area contributed by atoms with Crippen molar-refractivity contribution in [3.63, 3.8) is 0 Å². The number of fused-ring (bicyclic) bond motifs is 1. The Labute approximate surface area is 139 Å². The van der Waals surface area contributed by atoms with Crippen LogP contribution in [0.4, 0.5) is 5.69 Å². The molecule has 2 aromatic carbocycles. The lowest BCUT2D eigenvalue weighted by molar-refractivity contribution is -0.385. The van der Waals surface area contributed by atoms with E-state index < -0.39 is 11.0 Å². The molecule has 0 aliphatic carbocycles. The fraction of sp³-hybridized carbons (Fsp3) is 0.222. The molecule has 1 heterocycles. The van der Waals surface area contributed by atoms with Crippen molar-refractivity contribution in [3.05, 3.63) is 76.0 Å². The van der Waals surface area contributed by atoms with E-state index in [1.165, 1.54) is 23.1 Å². The van der Waals surface area contributed by atoms with E-state index in [4.69, 9.17) is 0 Å². The van der Waals surface area contributed by atoms with Crippen LogP contribution >= 0.6 is 0 Å². The van der Waals surface area contributed by atoms with Crippen molar-refractivity contribution in [1.82, 2.24) is 10.3 Å². The molecule has 124 valence electrons. The number of aromatic nitrogens is 1. The van der Waals surface area contributed by atoms with Gasteiger partial charge in [0.1, 0.15) is 0 Å². The number of hydrogen-bond acceptors (Lipinski definition) is 4. The SMILES string of the molecule is O=[N+]([O-])c1cccc(C(O)CNCCc2c[nH]c3ccccc23)c1. The molecule has 3 aromatic rings. The predicted octanol–water partition coefficient (Wildman–Crippen LogP) is 2.94. The number of rotatable bonds is 7. The van der Waals surface area contributed by atoms with Gasteiger partial charge in [0.05, 0.1) is 11.0 Å². The highest BCUT2D eigenvalue weighted by molar-refractivity contribution is 5.83. The number of nitrogens with one attached hydrogen (secondary N) is 2. The van der Waals surface area contributed by atoms with Crippen LogP contribution in [0.3, 0.4) is 0 Å². The second-order valence-corrected chi connectivity index (χ2v) is 5.68. The van der Waals surface area contributed by atoms with Crippen LogP contribution in [-0.2, 0) is 6.42 Å². The minimum Gasteiger partial charge on any atom is -0.387 e. The summed E-state index contributed by atoms with van der Waals surface area (Å²) in [5.74, 6) is 0. The van der Waals surface area contributed by atoms with Gasteiger partial charge in [0.2, 0.25) is 0 Å². The molecule has 24 heavy (non-hydrogen) atoms. The molecule has 0 amide bonds. The molecule has 0 aliphatic rings. The Morgan fingerprint density at radius 1 is 1.21 bits per heavy atom.